The maximum Gasteiger partial charge on any atom is 0.271 e. The van der Waals surface area contributed by atoms with Gasteiger partial charge in [0, 0.05) is 43.0 Å². The van der Waals surface area contributed by atoms with Crippen LogP contribution in [0.1, 0.15) is 16.8 Å². The lowest BCUT2D eigenvalue weighted by atomic mass is 10.1. The Balaban J connectivity index is 1.53. The number of hydrogen-bond donors (Lipinski definition) is 3. The molecule has 3 N–H and O–H groups in total. The van der Waals surface area contributed by atoms with Crippen molar-refractivity contribution >= 4 is 28.3 Å². The van der Waals surface area contributed by atoms with E-state index in [1.165, 1.54) is 12.1 Å². The minimum Gasteiger partial charge on any atom is -0.370 e. The lowest BCUT2D eigenvalue weighted by molar-refractivity contribution is -0.384. The summed E-state index contributed by atoms with van der Waals surface area (Å²) in [6.45, 7) is 1.20. The number of fused-ring (bicyclic) bond motifs is 1. The van der Waals surface area contributed by atoms with Crippen LogP contribution in [0, 0.1) is 10.1 Å². The van der Waals surface area contributed by atoms with Crippen molar-refractivity contribution in [1.29, 1.82) is 0 Å². The van der Waals surface area contributed by atoms with Crippen molar-refractivity contribution in [3.05, 3.63) is 64.5 Å². The van der Waals surface area contributed by atoms with Gasteiger partial charge in [-0.2, -0.15) is 0 Å². The van der Waals surface area contributed by atoms with E-state index >= 15 is 0 Å². The van der Waals surface area contributed by atoms with E-state index in [1.807, 2.05) is 18.2 Å². The number of aromatic amines is 1. The summed E-state index contributed by atoms with van der Waals surface area (Å²) in [5.74, 6) is 0.588. The van der Waals surface area contributed by atoms with Gasteiger partial charge in [0.05, 0.1) is 16.0 Å². The zero-order valence-corrected chi connectivity index (χ0v) is 13.4. The molecule has 0 bridgehead atoms. The molecule has 8 heteroatoms. The number of aromatic nitrogens is 2. The summed E-state index contributed by atoms with van der Waals surface area (Å²) in [5, 5.41) is 17.5. The highest BCUT2D eigenvalue weighted by Crippen LogP contribution is 2.23. The number of nitrogens with zero attached hydrogens (tertiary/aromatic N) is 2. The van der Waals surface area contributed by atoms with Gasteiger partial charge in [-0.25, -0.2) is 4.98 Å². The molecule has 0 atom stereocenters. The molecule has 1 aromatic carbocycles. The molecule has 3 aromatic rings. The normalized spacial score (nSPS) is 10.6. The van der Waals surface area contributed by atoms with Crippen LogP contribution in [0.2, 0.25) is 0 Å². The van der Waals surface area contributed by atoms with Gasteiger partial charge in [-0.3, -0.25) is 14.9 Å². The van der Waals surface area contributed by atoms with Crippen molar-refractivity contribution in [3.8, 4) is 0 Å². The van der Waals surface area contributed by atoms with Gasteiger partial charge in [-0.1, -0.05) is 6.07 Å². The van der Waals surface area contributed by atoms with Crippen LogP contribution in [-0.2, 0) is 0 Å². The minimum absolute atomic E-state index is 0.0121. The van der Waals surface area contributed by atoms with Crippen LogP contribution in [0.25, 0.3) is 10.9 Å². The Morgan fingerprint density at radius 1 is 1.24 bits per heavy atom. The molecule has 0 radical (unpaired) electrons. The lowest BCUT2D eigenvalue weighted by Gasteiger charge is -2.06. The smallest absolute Gasteiger partial charge is 0.271 e. The van der Waals surface area contributed by atoms with Crippen LogP contribution in [0.15, 0.2) is 48.8 Å². The Morgan fingerprint density at radius 3 is 2.88 bits per heavy atom. The van der Waals surface area contributed by atoms with Crippen molar-refractivity contribution in [1.82, 2.24) is 15.3 Å². The summed E-state index contributed by atoms with van der Waals surface area (Å²) < 4.78 is 0. The second kappa shape index (κ2) is 7.43. The average Bonchev–Trinajstić information content (AvgIpc) is 3.05. The third kappa shape index (κ3) is 3.92. The topological polar surface area (TPSA) is 113 Å². The Kier molecular flexibility index (Phi) is 4.89. The molecule has 2 aromatic heterocycles. The van der Waals surface area contributed by atoms with Gasteiger partial charge in [0.2, 0.25) is 0 Å². The molecule has 8 nitrogen and oxygen atoms in total. The predicted octanol–water partition coefficient (Wildman–Crippen LogP) is 2.70. The van der Waals surface area contributed by atoms with E-state index < -0.39 is 4.92 Å². The third-order valence-electron chi connectivity index (χ3n) is 3.73. The number of benzene rings is 1. The van der Waals surface area contributed by atoms with E-state index in [0.29, 0.717) is 29.6 Å². The number of pyridine rings is 1. The monoisotopic (exact) mass is 339 g/mol. The van der Waals surface area contributed by atoms with Crippen molar-refractivity contribution in [2.45, 2.75) is 6.42 Å². The summed E-state index contributed by atoms with van der Waals surface area (Å²) in [4.78, 5) is 29.7. The van der Waals surface area contributed by atoms with Crippen LogP contribution in [-0.4, -0.2) is 33.9 Å². The number of H-pyrrole nitrogens is 1. The summed E-state index contributed by atoms with van der Waals surface area (Å²) in [6, 6.07) is 10.0. The number of nitro groups is 1. The fourth-order valence-electron chi connectivity index (χ4n) is 2.48. The van der Waals surface area contributed by atoms with Crippen molar-refractivity contribution < 1.29 is 9.72 Å². The summed E-state index contributed by atoms with van der Waals surface area (Å²) in [5.41, 5.74) is 1.03. The van der Waals surface area contributed by atoms with Gasteiger partial charge >= 0.3 is 0 Å². The molecule has 2 heterocycles. The molecule has 25 heavy (non-hydrogen) atoms. The van der Waals surface area contributed by atoms with Crippen LogP contribution in [0.3, 0.4) is 0 Å². The molecule has 0 aliphatic rings. The van der Waals surface area contributed by atoms with Crippen LogP contribution in [0.4, 0.5) is 11.5 Å². The lowest BCUT2D eigenvalue weighted by Crippen LogP contribution is -2.25. The molecule has 0 aliphatic heterocycles. The average molecular weight is 339 g/mol. The second-order valence-electron chi connectivity index (χ2n) is 5.44. The Bertz CT molecular complexity index is 892. The van der Waals surface area contributed by atoms with Gasteiger partial charge < -0.3 is 15.6 Å². The molecule has 0 unspecified atom stereocenters. The molecule has 0 fully saturated rings. The van der Waals surface area contributed by atoms with Gasteiger partial charge in [0.1, 0.15) is 5.82 Å². The first-order valence-electron chi connectivity index (χ1n) is 7.84. The molecular weight excluding hydrogens is 322 g/mol. The second-order valence-corrected chi connectivity index (χ2v) is 5.44. The van der Waals surface area contributed by atoms with E-state index in [0.717, 1.165) is 12.2 Å². The van der Waals surface area contributed by atoms with Crippen molar-refractivity contribution in [2.24, 2.45) is 0 Å². The fourth-order valence-corrected chi connectivity index (χ4v) is 2.48. The standard InChI is InChI=1S/C17H17N5O3/c23-17(20-9-3-8-19-16-4-1-2-7-18-16)14-11-21-15-10-12(22(24)25)5-6-13(14)15/h1-2,4-7,10-11,21H,3,8-9H2,(H,18,19)(H,20,23). The number of nitrogens with one attached hydrogen (secondary N) is 3. The maximum atomic E-state index is 12.3. The van der Waals surface area contributed by atoms with Gasteiger partial charge in [-0.15, -0.1) is 0 Å². The number of nitro benzene ring substituents is 1. The van der Waals surface area contributed by atoms with Crippen LogP contribution in [0.5, 0.6) is 0 Å². The highest BCUT2D eigenvalue weighted by atomic mass is 16.6. The molecular formula is C17H17N5O3. The number of carbonyl (C=O) groups is 1. The summed E-state index contributed by atoms with van der Waals surface area (Å²) in [7, 11) is 0. The third-order valence-corrected chi connectivity index (χ3v) is 3.73. The van der Waals surface area contributed by atoms with E-state index in [4.69, 9.17) is 0 Å². The SMILES string of the molecule is O=C(NCCCNc1ccccn1)c1c[nH]c2cc([N+](=O)[O-])ccc12. The predicted molar refractivity (Wildman–Crippen MR) is 94.6 cm³/mol. The Labute approximate surface area is 143 Å². The van der Waals surface area contributed by atoms with E-state index in [-0.39, 0.29) is 11.6 Å². The molecule has 1 amide bonds. The number of hydrogen-bond acceptors (Lipinski definition) is 5. The number of rotatable bonds is 7. The summed E-state index contributed by atoms with van der Waals surface area (Å²) >= 11 is 0. The molecule has 0 spiro atoms. The highest BCUT2D eigenvalue weighted by Gasteiger charge is 2.14. The summed E-state index contributed by atoms with van der Waals surface area (Å²) in [6.07, 6.45) is 4.03. The van der Waals surface area contributed by atoms with Crippen molar-refractivity contribution in [2.75, 3.05) is 18.4 Å². The first-order valence-corrected chi connectivity index (χ1v) is 7.84. The van der Waals surface area contributed by atoms with Crippen molar-refractivity contribution in [3.63, 3.8) is 0 Å². The van der Waals surface area contributed by atoms with Crippen LogP contribution < -0.4 is 10.6 Å². The largest absolute Gasteiger partial charge is 0.370 e. The number of non-ortho nitro benzene ring substituents is 1. The molecule has 0 aliphatic carbocycles. The van der Waals surface area contributed by atoms with Gasteiger partial charge in [0.25, 0.3) is 11.6 Å². The highest BCUT2D eigenvalue weighted by molar-refractivity contribution is 6.07. The van der Waals surface area contributed by atoms with E-state index in [1.54, 1.807) is 18.5 Å². The number of amides is 1. The van der Waals surface area contributed by atoms with E-state index in [2.05, 4.69) is 20.6 Å². The number of anilines is 1. The van der Waals surface area contributed by atoms with Crippen LogP contribution >= 0.6 is 0 Å². The first kappa shape index (κ1) is 16.4. The molecule has 0 saturated heterocycles. The number of carbonyl (C=O) groups excluding carboxylic acids is 1. The maximum absolute atomic E-state index is 12.3. The zero-order valence-electron chi connectivity index (χ0n) is 13.4. The molecule has 0 saturated carbocycles. The molecule has 3 rings (SSSR count). The van der Waals surface area contributed by atoms with Gasteiger partial charge in [0.15, 0.2) is 0 Å². The zero-order chi connectivity index (χ0) is 17.6. The molecule has 128 valence electrons. The van der Waals surface area contributed by atoms with E-state index in [9.17, 15) is 14.9 Å². The fraction of sp³-hybridized carbons (Fsp3) is 0.176. The Morgan fingerprint density at radius 2 is 2.12 bits per heavy atom. The Hall–Kier alpha value is -3.42. The minimum atomic E-state index is -0.464. The quantitative estimate of drug-likeness (QED) is 0.348. The first-order chi connectivity index (χ1) is 12.1. The van der Waals surface area contributed by atoms with Gasteiger partial charge in [-0.05, 0) is 24.6 Å².